The van der Waals surface area contributed by atoms with Crippen molar-refractivity contribution in [3.8, 4) is 11.4 Å². The van der Waals surface area contributed by atoms with Gasteiger partial charge in [0.05, 0.1) is 0 Å². The summed E-state index contributed by atoms with van der Waals surface area (Å²) < 4.78 is 7.30. The molecule has 4 rings (SSSR count). The number of carbonyl (C=O) groups excluding carboxylic acids is 1. The van der Waals surface area contributed by atoms with Crippen LogP contribution in [0.2, 0.25) is 0 Å². The molecule has 0 spiro atoms. The number of aromatic nitrogens is 3. The lowest BCUT2D eigenvalue weighted by Crippen LogP contribution is -2.37. The van der Waals surface area contributed by atoms with Crippen molar-refractivity contribution >= 4 is 5.91 Å². The normalized spacial score (nSPS) is 17.4. The molecule has 2 aliphatic rings. The van der Waals surface area contributed by atoms with Gasteiger partial charge in [-0.1, -0.05) is 13.8 Å². The predicted molar refractivity (Wildman–Crippen MR) is 89.0 cm³/mol. The molecule has 2 aromatic rings. The molecule has 0 aromatic carbocycles. The number of oxazole rings is 1. The second-order valence-electron chi connectivity index (χ2n) is 7.44. The van der Waals surface area contributed by atoms with Crippen molar-refractivity contribution in [2.24, 2.45) is 11.8 Å². The lowest BCUT2D eigenvalue weighted by atomic mass is 10.0. The molecule has 0 bridgehead atoms. The summed E-state index contributed by atoms with van der Waals surface area (Å²) in [6.45, 7) is 6.57. The van der Waals surface area contributed by atoms with Crippen LogP contribution in [-0.4, -0.2) is 32.1 Å². The van der Waals surface area contributed by atoms with E-state index in [1.807, 2.05) is 4.90 Å². The minimum Gasteiger partial charge on any atom is -0.451 e. The van der Waals surface area contributed by atoms with E-state index in [0.29, 0.717) is 18.9 Å². The van der Waals surface area contributed by atoms with Gasteiger partial charge in [0, 0.05) is 43.7 Å². The van der Waals surface area contributed by atoms with E-state index in [9.17, 15) is 4.79 Å². The van der Waals surface area contributed by atoms with Crippen LogP contribution in [-0.2, 0) is 24.3 Å². The SMILES string of the molecule is CC(C)CC(=O)N1CCc2c(c(-c3cocn3)nn2CC2CC2)C1. The van der Waals surface area contributed by atoms with E-state index in [-0.39, 0.29) is 5.91 Å². The lowest BCUT2D eigenvalue weighted by Gasteiger charge is -2.28. The minimum absolute atomic E-state index is 0.233. The van der Waals surface area contributed by atoms with Gasteiger partial charge in [-0.2, -0.15) is 5.10 Å². The molecule has 0 N–H and O–H groups in total. The Labute approximate surface area is 141 Å². The van der Waals surface area contributed by atoms with Crippen LogP contribution in [0, 0.1) is 11.8 Å². The van der Waals surface area contributed by atoms with Crippen LogP contribution in [0.1, 0.15) is 44.4 Å². The Balaban J connectivity index is 1.64. The van der Waals surface area contributed by atoms with E-state index in [0.717, 1.165) is 42.4 Å². The Morgan fingerprint density at radius 1 is 1.42 bits per heavy atom. The molecule has 6 heteroatoms. The van der Waals surface area contributed by atoms with Gasteiger partial charge in [-0.3, -0.25) is 9.48 Å². The minimum atomic E-state index is 0.233. The second kappa shape index (κ2) is 6.07. The highest BCUT2D eigenvalue weighted by molar-refractivity contribution is 5.77. The predicted octanol–water partition coefficient (Wildman–Crippen LogP) is 2.88. The van der Waals surface area contributed by atoms with Gasteiger partial charge >= 0.3 is 0 Å². The molecule has 3 heterocycles. The average molecular weight is 328 g/mol. The molecule has 0 unspecified atom stereocenters. The van der Waals surface area contributed by atoms with E-state index in [1.54, 1.807) is 6.26 Å². The fraction of sp³-hybridized carbons (Fsp3) is 0.611. The first kappa shape index (κ1) is 15.4. The first-order chi connectivity index (χ1) is 11.6. The van der Waals surface area contributed by atoms with Crippen LogP contribution < -0.4 is 0 Å². The number of hydrogen-bond donors (Lipinski definition) is 0. The van der Waals surface area contributed by atoms with Gasteiger partial charge < -0.3 is 9.32 Å². The molecule has 0 saturated heterocycles. The summed E-state index contributed by atoms with van der Waals surface area (Å²) >= 11 is 0. The fourth-order valence-corrected chi connectivity index (χ4v) is 3.41. The highest BCUT2D eigenvalue weighted by Crippen LogP contribution is 2.34. The molecule has 2 aromatic heterocycles. The summed E-state index contributed by atoms with van der Waals surface area (Å²) in [5, 5.41) is 4.83. The number of amides is 1. The molecule has 1 saturated carbocycles. The van der Waals surface area contributed by atoms with Gasteiger partial charge in [0.1, 0.15) is 17.7 Å². The highest BCUT2D eigenvalue weighted by atomic mass is 16.3. The summed E-state index contributed by atoms with van der Waals surface area (Å²) in [7, 11) is 0. The highest BCUT2D eigenvalue weighted by Gasteiger charge is 2.31. The fourth-order valence-electron chi connectivity index (χ4n) is 3.41. The summed E-state index contributed by atoms with van der Waals surface area (Å²) in [4.78, 5) is 18.7. The third-order valence-corrected chi connectivity index (χ3v) is 4.87. The maximum absolute atomic E-state index is 12.5. The van der Waals surface area contributed by atoms with Crippen molar-refractivity contribution < 1.29 is 9.21 Å². The first-order valence-electron chi connectivity index (χ1n) is 8.86. The number of rotatable bonds is 5. The van der Waals surface area contributed by atoms with Crippen LogP contribution in [0.5, 0.6) is 0 Å². The van der Waals surface area contributed by atoms with Crippen molar-refractivity contribution in [1.82, 2.24) is 19.7 Å². The van der Waals surface area contributed by atoms with Crippen LogP contribution in [0.3, 0.4) is 0 Å². The van der Waals surface area contributed by atoms with E-state index >= 15 is 0 Å². The van der Waals surface area contributed by atoms with Crippen molar-refractivity contribution in [3.63, 3.8) is 0 Å². The van der Waals surface area contributed by atoms with Gasteiger partial charge in [0.2, 0.25) is 5.91 Å². The maximum atomic E-state index is 12.5. The number of hydrogen-bond acceptors (Lipinski definition) is 4. The molecular weight excluding hydrogens is 304 g/mol. The number of nitrogens with zero attached hydrogens (tertiary/aromatic N) is 4. The molecule has 128 valence electrons. The Morgan fingerprint density at radius 2 is 2.25 bits per heavy atom. The second-order valence-corrected chi connectivity index (χ2v) is 7.44. The van der Waals surface area contributed by atoms with Gasteiger partial charge in [0.25, 0.3) is 0 Å². The summed E-state index contributed by atoms with van der Waals surface area (Å²) in [6, 6.07) is 0. The zero-order chi connectivity index (χ0) is 16.7. The van der Waals surface area contributed by atoms with Crippen molar-refractivity contribution in [2.75, 3.05) is 6.54 Å². The zero-order valence-electron chi connectivity index (χ0n) is 14.4. The summed E-state index contributed by atoms with van der Waals surface area (Å²) in [6.07, 6.45) is 7.15. The van der Waals surface area contributed by atoms with Gasteiger partial charge in [-0.25, -0.2) is 4.98 Å². The Bertz CT molecular complexity index is 729. The zero-order valence-corrected chi connectivity index (χ0v) is 14.4. The van der Waals surface area contributed by atoms with E-state index in [4.69, 9.17) is 9.52 Å². The standard InChI is InChI=1S/C18H24N4O2/c1-12(2)7-17(23)21-6-5-16-14(9-21)18(15-10-24-11-19-15)20-22(16)8-13-3-4-13/h10-13H,3-9H2,1-2H3. The lowest BCUT2D eigenvalue weighted by molar-refractivity contribution is -0.132. The molecule has 1 amide bonds. The number of carbonyl (C=O) groups is 1. The molecule has 1 fully saturated rings. The van der Waals surface area contributed by atoms with E-state index in [1.165, 1.54) is 24.9 Å². The van der Waals surface area contributed by atoms with Gasteiger partial charge in [-0.05, 0) is 24.7 Å². The molecule has 24 heavy (non-hydrogen) atoms. The third kappa shape index (κ3) is 2.97. The molecule has 6 nitrogen and oxygen atoms in total. The van der Waals surface area contributed by atoms with E-state index in [2.05, 4.69) is 23.5 Å². The Kier molecular flexibility index (Phi) is 3.90. The average Bonchev–Trinajstić information content (AvgIpc) is 3.07. The molecule has 1 aliphatic carbocycles. The number of fused-ring (bicyclic) bond motifs is 1. The third-order valence-electron chi connectivity index (χ3n) is 4.87. The van der Waals surface area contributed by atoms with Crippen molar-refractivity contribution in [1.29, 1.82) is 0 Å². The van der Waals surface area contributed by atoms with E-state index < -0.39 is 0 Å². The largest absolute Gasteiger partial charge is 0.451 e. The van der Waals surface area contributed by atoms with Crippen LogP contribution in [0.25, 0.3) is 11.4 Å². The summed E-state index contributed by atoms with van der Waals surface area (Å²) in [5.74, 6) is 1.38. The molecule has 1 aliphatic heterocycles. The van der Waals surface area contributed by atoms with Crippen LogP contribution in [0.4, 0.5) is 0 Å². The first-order valence-corrected chi connectivity index (χ1v) is 8.86. The van der Waals surface area contributed by atoms with Gasteiger partial charge in [-0.15, -0.1) is 0 Å². The monoisotopic (exact) mass is 328 g/mol. The van der Waals surface area contributed by atoms with Gasteiger partial charge in [0.15, 0.2) is 6.39 Å². The van der Waals surface area contributed by atoms with Crippen molar-refractivity contribution in [2.45, 2.75) is 52.6 Å². The Hall–Kier alpha value is -2.11. The molecule has 0 radical (unpaired) electrons. The van der Waals surface area contributed by atoms with Crippen LogP contribution in [0.15, 0.2) is 17.1 Å². The Morgan fingerprint density at radius 3 is 2.92 bits per heavy atom. The summed E-state index contributed by atoms with van der Waals surface area (Å²) in [5.41, 5.74) is 4.06. The van der Waals surface area contributed by atoms with Crippen molar-refractivity contribution in [3.05, 3.63) is 23.9 Å². The topological polar surface area (TPSA) is 64.2 Å². The van der Waals surface area contributed by atoms with Crippen LogP contribution >= 0.6 is 0 Å². The maximum Gasteiger partial charge on any atom is 0.223 e. The quantitative estimate of drug-likeness (QED) is 0.846. The molecule has 0 atom stereocenters. The molecular formula is C18H24N4O2. The smallest absolute Gasteiger partial charge is 0.223 e.